The highest BCUT2D eigenvalue weighted by Crippen LogP contribution is 2.22. The maximum absolute atomic E-state index is 5.85. The van der Waals surface area contributed by atoms with Gasteiger partial charge in [0.25, 0.3) is 0 Å². The number of likely N-dealkylation sites (tertiary alicyclic amines) is 1. The number of nitrogens with zero attached hydrogens (tertiary/aromatic N) is 1. The van der Waals surface area contributed by atoms with E-state index in [0.717, 1.165) is 30.6 Å². The van der Waals surface area contributed by atoms with Crippen molar-refractivity contribution in [2.75, 3.05) is 33.4 Å². The zero-order chi connectivity index (χ0) is 16.6. The van der Waals surface area contributed by atoms with Crippen LogP contribution in [-0.2, 0) is 6.42 Å². The molecule has 0 radical (unpaired) electrons. The molecule has 1 fully saturated rings. The van der Waals surface area contributed by atoms with Gasteiger partial charge in [0.1, 0.15) is 18.1 Å². The number of hydrogen-bond donors (Lipinski definition) is 0. The van der Waals surface area contributed by atoms with Gasteiger partial charge in [-0.3, -0.25) is 4.90 Å². The fraction of sp³-hybridized carbons (Fsp3) is 0.429. The molecule has 24 heavy (non-hydrogen) atoms. The van der Waals surface area contributed by atoms with E-state index in [1.807, 2.05) is 24.3 Å². The van der Waals surface area contributed by atoms with Gasteiger partial charge in [0.2, 0.25) is 0 Å². The highest BCUT2D eigenvalue weighted by atomic mass is 16.5. The minimum Gasteiger partial charge on any atom is -0.497 e. The molecule has 128 valence electrons. The molecule has 1 aliphatic rings. The van der Waals surface area contributed by atoms with E-state index in [-0.39, 0.29) is 0 Å². The summed E-state index contributed by atoms with van der Waals surface area (Å²) in [5.41, 5.74) is 1.47. The molecule has 3 heteroatoms. The first-order valence-corrected chi connectivity index (χ1v) is 8.86. The van der Waals surface area contributed by atoms with Crippen LogP contribution >= 0.6 is 0 Å². The fourth-order valence-corrected chi connectivity index (χ4v) is 3.35. The number of piperidine rings is 1. The Bertz CT molecular complexity index is 606. The van der Waals surface area contributed by atoms with Gasteiger partial charge in [0, 0.05) is 12.6 Å². The second-order valence-corrected chi connectivity index (χ2v) is 6.50. The van der Waals surface area contributed by atoms with Crippen molar-refractivity contribution in [2.45, 2.75) is 19.3 Å². The van der Waals surface area contributed by atoms with E-state index in [2.05, 4.69) is 35.2 Å². The van der Waals surface area contributed by atoms with Crippen LogP contribution in [0.25, 0.3) is 0 Å². The van der Waals surface area contributed by atoms with Crippen LogP contribution in [0.5, 0.6) is 11.5 Å². The second-order valence-electron chi connectivity index (χ2n) is 6.50. The Labute approximate surface area is 145 Å². The Kier molecular flexibility index (Phi) is 6.13. The smallest absolute Gasteiger partial charge is 0.123 e. The topological polar surface area (TPSA) is 21.7 Å². The quantitative estimate of drug-likeness (QED) is 0.767. The first kappa shape index (κ1) is 16.8. The molecule has 0 N–H and O–H groups in total. The Balaban J connectivity index is 1.36. The Hall–Kier alpha value is -2.00. The van der Waals surface area contributed by atoms with Crippen molar-refractivity contribution in [3.05, 3.63) is 60.2 Å². The van der Waals surface area contributed by atoms with Crippen molar-refractivity contribution < 1.29 is 9.47 Å². The Morgan fingerprint density at radius 3 is 2.46 bits per heavy atom. The van der Waals surface area contributed by atoms with Crippen LogP contribution in [0.1, 0.15) is 18.4 Å². The van der Waals surface area contributed by atoms with E-state index < -0.39 is 0 Å². The average Bonchev–Trinajstić information content (AvgIpc) is 2.64. The van der Waals surface area contributed by atoms with E-state index >= 15 is 0 Å². The molecular formula is C21H27NO2. The zero-order valence-electron chi connectivity index (χ0n) is 14.5. The molecule has 1 heterocycles. The lowest BCUT2D eigenvalue weighted by atomic mass is 9.90. The van der Waals surface area contributed by atoms with E-state index in [4.69, 9.17) is 9.47 Å². The highest BCUT2D eigenvalue weighted by Gasteiger charge is 2.19. The van der Waals surface area contributed by atoms with Crippen LogP contribution in [0.15, 0.2) is 54.6 Å². The molecule has 0 aromatic heterocycles. The molecule has 0 saturated carbocycles. The summed E-state index contributed by atoms with van der Waals surface area (Å²) in [4.78, 5) is 2.52. The van der Waals surface area contributed by atoms with Gasteiger partial charge in [-0.25, -0.2) is 0 Å². The van der Waals surface area contributed by atoms with Gasteiger partial charge in [-0.15, -0.1) is 0 Å². The van der Waals surface area contributed by atoms with Gasteiger partial charge in [0.15, 0.2) is 0 Å². The molecule has 3 nitrogen and oxygen atoms in total. The number of benzene rings is 2. The first-order chi connectivity index (χ1) is 11.8. The molecule has 0 atom stereocenters. The van der Waals surface area contributed by atoms with Crippen molar-refractivity contribution in [2.24, 2.45) is 5.92 Å². The van der Waals surface area contributed by atoms with Gasteiger partial charge in [-0.05, 0) is 56.0 Å². The fourth-order valence-electron chi connectivity index (χ4n) is 3.35. The molecule has 1 saturated heterocycles. The molecule has 3 rings (SSSR count). The van der Waals surface area contributed by atoms with Crippen molar-refractivity contribution in [1.29, 1.82) is 0 Å². The summed E-state index contributed by atoms with van der Waals surface area (Å²) in [5, 5.41) is 0. The second kappa shape index (κ2) is 8.74. The minimum absolute atomic E-state index is 0.733. The van der Waals surface area contributed by atoms with E-state index in [1.165, 1.54) is 37.9 Å². The van der Waals surface area contributed by atoms with E-state index in [1.54, 1.807) is 7.11 Å². The van der Waals surface area contributed by atoms with Gasteiger partial charge < -0.3 is 9.47 Å². The predicted molar refractivity (Wildman–Crippen MR) is 97.8 cm³/mol. The maximum atomic E-state index is 5.85. The molecule has 1 aliphatic heterocycles. The minimum atomic E-state index is 0.733. The van der Waals surface area contributed by atoms with Gasteiger partial charge in [-0.1, -0.05) is 36.4 Å². The third kappa shape index (κ3) is 5.00. The number of methoxy groups -OCH3 is 1. The zero-order valence-corrected chi connectivity index (χ0v) is 14.5. The molecule has 2 aromatic rings. The van der Waals surface area contributed by atoms with Crippen LogP contribution in [0.3, 0.4) is 0 Å². The number of hydrogen-bond acceptors (Lipinski definition) is 3. The molecule has 0 aliphatic carbocycles. The SMILES string of the molecule is COc1cccc(OCCN2CCC(Cc3ccccc3)CC2)c1. The lowest BCUT2D eigenvalue weighted by molar-refractivity contribution is 0.154. The summed E-state index contributed by atoms with van der Waals surface area (Å²) in [7, 11) is 1.68. The van der Waals surface area contributed by atoms with Gasteiger partial charge in [0.05, 0.1) is 7.11 Å². The monoisotopic (exact) mass is 325 g/mol. The van der Waals surface area contributed by atoms with Gasteiger partial charge >= 0.3 is 0 Å². The predicted octanol–water partition coefficient (Wildman–Crippen LogP) is 4.03. The van der Waals surface area contributed by atoms with Crippen molar-refractivity contribution in [1.82, 2.24) is 4.90 Å². The molecule has 0 spiro atoms. The summed E-state index contributed by atoms with van der Waals surface area (Å²) in [5.74, 6) is 2.55. The average molecular weight is 325 g/mol. The highest BCUT2D eigenvalue weighted by molar-refractivity contribution is 5.32. The number of ether oxygens (including phenoxy) is 2. The summed E-state index contributed by atoms with van der Waals surface area (Å²) in [6.07, 6.45) is 3.79. The van der Waals surface area contributed by atoms with Crippen LogP contribution in [0.4, 0.5) is 0 Å². The normalized spacial score (nSPS) is 16.0. The van der Waals surface area contributed by atoms with Gasteiger partial charge in [-0.2, -0.15) is 0 Å². The molecule has 0 unspecified atom stereocenters. The standard InChI is InChI=1S/C21H27NO2/c1-23-20-8-5-9-21(17-20)24-15-14-22-12-10-19(11-13-22)16-18-6-3-2-4-7-18/h2-9,17,19H,10-16H2,1H3. The largest absolute Gasteiger partial charge is 0.497 e. The summed E-state index contributed by atoms with van der Waals surface area (Å²) < 4.78 is 11.1. The summed E-state index contributed by atoms with van der Waals surface area (Å²) >= 11 is 0. The summed E-state index contributed by atoms with van der Waals surface area (Å²) in [6, 6.07) is 18.7. The molecule has 2 aromatic carbocycles. The number of rotatable bonds is 7. The van der Waals surface area contributed by atoms with E-state index in [9.17, 15) is 0 Å². The molecular weight excluding hydrogens is 298 g/mol. The van der Waals surface area contributed by atoms with Crippen LogP contribution < -0.4 is 9.47 Å². The lowest BCUT2D eigenvalue weighted by Crippen LogP contribution is -2.37. The maximum Gasteiger partial charge on any atom is 0.123 e. The molecule has 0 amide bonds. The molecule has 0 bridgehead atoms. The van der Waals surface area contributed by atoms with Crippen LogP contribution in [-0.4, -0.2) is 38.3 Å². The first-order valence-electron chi connectivity index (χ1n) is 8.86. The van der Waals surface area contributed by atoms with Crippen molar-refractivity contribution >= 4 is 0 Å². The third-order valence-corrected chi connectivity index (χ3v) is 4.79. The Morgan fingerprint density at radius 1 is 0.958 bits per heavy atom. The summed E-state index contributed by atoms with van der Waals surface area (Å²) in [6.45, 7) is 4.09. The van der Waals surface area contributed by atoms with Crippen molar-refractivity contribution in [3.63, 3.8) is 0 Å². The van der Waals surface area contributed by atoms with E-state index in [0.29, 0.717) is 0 Å². The lowest BCUT2D eigenvalue weighted by Gasteiger charge is -2.31. The van der Waals surface area contributed by atoms with Crippen LogP contribution in [0, 0.1) is 5.92 Å². The van der Waals surface area contributed by atoms with Crippen molar-refractivity contribution in [3.8, 4) is 11.5 Å². The Morgan fingerprint density at radius 2 is 1.71 bits per heavy atom. The third-order valence-electron chi connectivity index (χ3n) is 4.79. The van der Waals surface area contributed by atoms with Crippen LogP contribution in [0.2, 0.25) is 0 Å².